The zero-order valence-corrected chi connectivity index (χ0v) is 14.9. The lowest BCUT2D eigenvalue weighted by Gasteiger charge is -2.26. The van der Waals surface area contributed by atoms with Crippen LogP contribution in [0.1, 0.15) is 41.8 Å². The third-order valence-electron chi connectivity index (χ3n) is 6.01. The summed E-state index contributed by atoms with van der Waals surface area (Å²) < 4.78 is 6.56. The van der Waals surface area contributed by atoms with E-state index in [1.807, 2.05) is 0 Å². The smallest absolute Gasteiger partial charge is 0.335 e. The molecule has 3 aromatic rings. The highest BCUT2D eigenvalue weighted by Gasteiger charge is 2.58. The minimum absolute atomic E-state index is 0.0361. The Bertz CT molecular complexity index is 1180. The lowest BCUT2D eigenvalue weighted by molar-refractivity contribution is 0.0938. The molecule has 2 saturated carbocycles. The Labute approximate surface area is 154 Å². The number of hydrogen-bond donors (Lipinski definition) is 2. The van der Waals surface area contributed by atoms with Gasteiger partial charge in [0.25, 0.3) is 11.5 Å². The molecule has 2 aliphatic carbocycles. The van der Waals surface area contributed by atoms with Gasteiger partial charge in [-0.3, -0.25) is 14.6 Å². The Morgan fingerprint density at radius 2 is 2.00 bits per heavy atom. The lowest BCUT2D eigenvalue weighted by Crippen LogP contribution is -2.36. The predicted molar refractivity (Wildman–Crippen MR) is 99.3 cm³/mol. The summed E-state index contributed by atoms with van der Waals surface area (Å²) in [4.78, 5) is 41.0. The number of aromatic amines is 1. The van der Waals surface area contributed by atoms with Crippen LogP contribution in [-0.2, 0) is 0 Å². The van der Waals surface area contributed by atoms with Crippen molar-refractivity contribution in [3.63, 3.8) is 0 Å². The van der Waals surface area contributed by atoms with E-state index in [1.54, 1.807) is 37.3 Å². The quantitative estimate of drug-likeness (QED) is 0.744. The van der Waals surface area contributed by atoms with Crippen molar-refractivity contribution in [3.05, 3.63) is 62.5 Å². The van der Waals surface area contributed by atoms with Gasteiger partial charge < -0.3 is 9.73 Å². The van der Waals surface area contributed by atoms with Crippen LogP contribution in [-0.4, -0.2) is 21.5 Å². The molecule has 0 bridgehead atoms. The highest BCUT2D eigenvalue weighted by atomic mass is 16.3. The lowest BCUT2D eigenvalue weighted by atomic mass is 9.81. The second kappa shape index (κ2) is 5.45. The highest BCUT2D eigenvalue weighted by Crippen LogP contribution is 2.60. The predicted octanol–water partition coefficient (Wildman–Crippen LogP) is 2.25. The Hall–Kier alpha value is -3.09. The van der Waals surface area contributed by atoms with Crippen LogP contribution >= 0.6 is 0 Å². The number of nitrogens with zero attached hydrogens (tertiary/aromatic N) is 1. The molecule has 27 heavy (non-hydrogen) atoms. The average molecular weight is 365 g/mol. The molecular weight excluding hydrogens is 346 g/mol. The second-order valence-corrected chi connectivity index (χ2v) is 7.59. The maximum atomic E-state index is 13.1. The van der Waals surface area contributed by atoms with Crippen molar-refractivity contribution in [1.29, 1.82) is 0 Å². The van der Waals surface area contributed by atoms with Crippen molar-refractivity contribution in [3.8, 4) is 5.69 Å². The molecule has 1 atom stereocenters. The van der Waals surface area contributed by atoms with E-state index in [9.17, 15) is 14.4 Å². The SMILES string of the molecule is Cc1oc2[nH]c(=O)n(-c3ccccc3)c(=O)c2c1C(=O)NC1CC12CCC2. The van der Waals surface area contributed by atoms with Crippen LogP contribution in [0.15, 0.2) is 44.3 Å². The number of aromatic nitrogens is 2. The minimum Gasteiger partial charge on any atom is -0.444 e. The first-order valence-electron chi connectivity index (χ1n) is 9.15. The number of nitrogens with one attached hydrogen (secondary N) is 2. The number of furan rings is 1. The van der Waals surface area contributed by atoms with Crippen LogP contribution in [0.25, 0.3) is 16.8 Å². The van der Waals surface area contributed by atoms with Crippen molar-refractivity contribution in [1.82, 2.24) is 14.9 Å². The van der Waals surface area contributed by atoms with Gasteiger partial charge in [0.2, 0.25) is 5.71 Å². The topological polar surface area (TPSA) is 97.1 Å². The van der Waals surface area contributed by atoms with E-state index in [-0.39, 0.29) is 34.0 Å². The van der Waals surface area contributed by atoms with E-state index in [0.29, 0.717) is 11.4 Å². The van der Waals surface area contributed by atoms with E-state index >= 15 is 0 Å². The van der Waals surface area contributed by atoms with Gasteiger partial charge in [-0.1, -0.05) is 24.6 Å². The van der Waals surface area contributed by atoms with E-state index in [4.69, 9.17) is 4.42 Å². The van der Waals surface area contributed by atoms with Crippen molar-refractivity contribution in [2.24, 2.45) is 5.41 Å². The number of carbonyl (C=O) groups excluding carboxylic acids is 1. The maximum Gasteiger partial charge on any atom is 0.335 e. The van der Waals surface area contributed by atoms with Gasteiger partial charge in [0.1, 0.15) is 11.1 Å². The summed E-state index contributed by atoms with van der Waals surface area (Å²) in [6.07, 6.45) is 4.51. The first-order valence-corrected chi connectivity index (χ1v) is 9.15. The molecule has 2 heterocycles. The fourth-order valence-electron chi connectivity index (χ4n) is 4.24. The van der Waals surface area contributed by atoms with Gasteiger partial charge in [0.05, 0.1) is 11.3 Å². The molecule has 1 aromatic carbocycles. The van der Waals surface area contributed by atoms with Crippen LogP contribution in [0.3, 0.4) is 0 Å². The third kappa shape index (κ3) is 2.31. The zero-order valence-electron chi connectivity index (χ0n) is 14.9. The number of H-pyrrole nitrogens is 1. The average Bonchev–Trinajstić information content (AvgIpc) is 3.24. The molecular formula is C20H19N3O4. The molecule has 0 saturated heterocycles. The summed E-state index contributed by atoms with van der Waals surface area (Å²) >= 11 is 0. The van der Waals surface area contributed by atoms with Crippen LogP contribution in [0.5, 0.6) is 0 Å². The number of rotatable bonds is 3. The molecule has 7 nitrogen and oxygen atoms in total. The monoisotopic (exact) mass is 365 g/mol. The van der Waals surface area contributed by atoms with Gasteiger partial charge in [-0.25, -0.2) is 9.36 Å². The summed E-state index contributed by atoms with van der Waals surface area (Å²) in [5.74, 6) is 0.00755. The third-order valence-corrected chi connectivity index (χ3v) is 6.01. The van der Waals surface area contributed by atoms with Gasteiger partial charge in [0, 0.05) is 6.04 Å². The van der Waals surface area contributed by atoms with E-state index in [1.165, 1.54) is 6.42 Å². The minimum atomic E-state index is -0.602. The Morgan fingerprint density at radius 1 is 1.26 bits per heavy atom. The Morgan fingerprint density at radius 3 is 2.63 bits per heavy atom. The van der Waals surface area contributed by atoms with Gasteiger partial charge >= 0.3 is 5.69 Å². The molecule has 0 radical (unpaired) electrons. The summed E-state index contributed by atoms with van der Waals surface area (Å²) in [6, 6.07) is 8.78. The number of amides is 1. The zero-order chi connectivity index (χ0) is 18.8. The molecule has 2 fully saturated rings. The molecule has 1 unspecified atom stereocenters. The summed E-state index contributed by atoms with van der Waals surface area (Å²) in [7, 11) is 0. The van der Waals surface area contributed by atoms with E-state index < -0.39 is 11.2 Å². The van der Waals surface area contributed by atoms with Crippen molar-refractivity contribution in [2.75, 3.05) is 0 Å². The Balaban J connectivity index is 1.62. The highest BCUT2D eigenvalue weighted by molar-refractivity contribution is 6.06. The molecule has 2 aliphatic rings. The molecule has 138 valence electrons. The number of fused-ring (bicyclic) bond motifs is 1. The number of aryl methyl sites for hydroxylation is 1. The summed E-state index contributed by atoms with van der Waals surface area (Å²) in [5, 5.41) is 3.15. The molecule has 7 heteroatoms. The number of carbonyl (C=O) groups is 1. The van der Waals surface area contributed by atoms with Gasteiger partial charge in [-0.2, -0.15) is 0 Å². The molecule has 5 rings (SSSR count). The van der Waals surface area contributed by atoms with Crippen molar-refractivity contribution < 1.29 is 9.21 Å². The van der Waals surface area contributed by atoms with Gasteiger partial charge in [0.15, 0.2) is 0 Å². The molecule has 2 N–H and O–H groups in total. The Kier molecular flexibility index (Phi) is 3.25. The van der Waals surface area contributed by atoms with Crippen LogP contribution in [0.2, 0.25) is 0 Å². The summed E-state index contributed by atoms with van der Waals surface area (Å²) in [5.41, 5.74) is -0.203. The van der Waals surface area contributed by atoms with Crippen molar-refractivity contribution in [2.45, 2.75) is 38.6 Å². The van der Waals surface area contributed by atoms with Crippen LogP contribution in [0.4, 0.5) is 0 Å². The van der Waals surface area contributed by atoms with Crippen molar-refractivity contribution >= 4 is 17.0 Å². The number of hydrogen-bond acceptors (Lipinski definition) is 4. The number of benzene rings is 1. The second-order valence-electron chi connectivity index (χ2n) is 7.59. The van der Waals surface area contributed by atoms with E-state index in [2.05, 4.69) is 10.3 Å². The first kappa shape index (κ1) is 16.1. The molecule has 2 aromatic heterocycles. The maximum absolute atomic E-state index is 13.1. The van der Waals surface area contributed by atoms with E-state index in [0.717, 1.165) is 23.8 Å². The van der Waals surface area contributed by atoms with Gasteiger partial charge in [-0.15, -0.1) is 0 Å². The molecule has 1 spiro atoms. The normalized spacial score (nSPS) is 19.8. The largest absolute Gasteiger partial charge is 0.444 e. The fourth-order valence-corrected chi connectivity index (χ4v) is 4.24. The van der Waals surface area contributed by atoms with Crippen LogP contribution < -0.4 is 16.6 Å². The van der Waals surface area contributed by atoms with Gasteiger partial charge in [-0.05, 0) is 43.7 Å². The van der Waals surface area contributed by atoms with Crippen LogP contribution in [0, 0.1) is 12.3 Å². The standard InChI is InChI=1S/C20H19N3O4/c1-11-14(16(24)21-13-10-20(13)8-5-9-20)15-17(27-11)22-19(26)23(18(15)25)12-6-3-2-4-7-12/h2-4,6-7,13H,5,8-10H2,1H3,(H,21,24)(H,22,26). The number of para-hydroxylation sites is 1. The first-order chi connectivity index (χ1) is 13.0. The summed E-state index contributed by atoms with van der Waals surface area (Å²) in [6.45, 7) is 1.63. The fraction of sp³-hybridized carbons (Fsp3) is 0.350. The molecule has 1 amide bonds. The molecule has 0 aliphatic heterocycles.